The van der Waals surface area contributed by atoms with Crippen molar-refractivity contribution in [2.75, 3.05) is 13.7 Å². The minimum atomic E-state index is -4.05. The molecule has 33 heavy (non-hydrogen) atoms. The topological polar surface area (TPSA) is 72.9 Å². The molecule has 6 nitrogen and oxygen atoms in total. The molecule has 0 fully saturated rings. The van der Waals surface area contributed by atoms with E-state index in [-0.39, 0.29) is 28.7 Å². The van der Waals surface area contributed by atoms with E-state index in [2.05, 4.69) is 0 Å². The number of carbonyl (C=O) groups excluding carboxylic acids is 1. The normalized spacial score (nSPS) is 11.3. The summed E-state index contributed by atoms with van der Waals surface area (Å²) in [5.41, 5.74) is 0.649. The van der Waals surface area contributed by atoms with Gasteiger partial charge in [-0.2, -0.15) is 8.42 Å². The van der Waals surface area contributed by atoms with Crippen LogP contribution in [-0.2, 0) is 16.7 Å². The molecular formula is C25H26FNO5S. The molecule has 0 heterocycles. The Bertz CT molecular complexity index is 1210. The predicted molar refractivity (Wildman–Crippen MR) is 123 cm³/mol. The Balaban J connectivity index is 1.81. The second-order valence-corrected chi connectivity index (χ2v) is 9.47. The summed E-state index contributed by atoms with van der Waals surface area (Å²) in [7, 11) is -2.56. The zero-order valence-corrected chi connectivity index (χ0v) is 19.5. The lowest BCUT2D eigenvalue weighted by Gasteiger charge is -2.25. The molecule has 0 saturated heterocycles. The Morgan fingerprint density at radius 1 is 0.970 bits per heavy atom. The maximum atomic E-state index is 14.2. The zero-order valence-electron chi connectivity index (χ0n) is 18.7. The van der Waals surface area contributed by atoms with E-state index in [1.54, 1.807) is 29.2 Å². The molecule has 0 spiro atoms. The molecular weight excluding hydrogens is 445 g/mol. The minimum Gasteiger partial charge on any atom is -0.497 e. The van der Waals surface area contributed by atoms with Gasteiger partial charge in [-0.15, -0.1) is 0 Å². The van der Waals surface area contributed by atoms with Crippen molar-refractivity contribution >= 4 is 16.0 Å². The van der Waals surface area contributed by atoms with Gasteiger partial charge >= 0.3 is 10.1 Å². The number of nitrogens with zero attached hydrogens (tertiary/aromatic N) is 1. The van der Waals surface area contributed by atoms with E-state index in [1.165, 1.54) is 55.6 Å². The molecule has 0 bridgehead atoms. The Morgan fingerprint density at radius 2 is 1.67 bits per heavy atom. The van der Waals surface area contributed by atoms with E-state index >= 15 is 0 Å². The van der Waals surface area contributed by atoms with Crippen LogP contribution < -0.4 is 8.92 Å². The Kier molecular flexibility index (Phi) is 7.71. The van der Waals surface area contributed by atoms with E-state index in [0.717, 1.165) is 0 Å². The van der Waals surface area contributed by atoms with Crippen molar-refractivity contribution < 1.29 is 26.5 Å². The molecule has 0 unspecified atom stereocenters. The third-order valence-electron chi connectivity index (χ3n) is 4.80. The zero-order chi connectivity index (χ0) is 24.0. The highest BCUT2D eigenvalue weighted by molar-refractivity contribution is 7.87. The fraction of sp³-hybridized carbons (Fsp3) is 0.240. The van der Waals surface area contributed by atoms with Gasteiger partial charge in [0.15, 0.2) is 0 Å². The molecule has 1 amide bonds. The summed E-state index contributed by atoms with van der Waals surface area (Å²) >= 11 is 0. The lowest BCUT2D eigenvalue weighted by Crippen LogP contribution is -2.34. The molecule has 3 aromatic rings. The number of hydrogen-bond donors (Lipinski definition) is 0. The molecule has 0 aliphatic carbocycles. The van der Waals surface area contributed by atoms with Gasteiger partial charge in [-0.3, -0.25) is 4.79 Å². The summed E-state index contributed by atoms with van der Waals surface area (Å²) in [6.07, 6.45) is 0. The summed E-state index contributed by atoms with van der Waals surface area (Å²) in [5, 5.41) is 0. The molecule has 3 rings (SSSR count). The molecule has 0 saturated carbocycles. The first-order chi connectivity index (χ1) is 15.7. The largest absolute Gasteiger partial charge is 0.497 e. The number of benzene rings is 3. The lowest BCUT2D eigenvalue weighted by atomic mass is 10.1. The second kappa shape index (κ2) is 10.5. The van der Waals surface area contributed by atoms with E-state index in [0.29, 0.717) is 17.9 Å². The van der Waals surface area contributed by atoms with Crippen LogP contribution in [0.4, 0.5) is 4.39 Å². The molecule has 174 valence electrons. The average molecular weight is 472 g/mol. The maximum absolute atomic E-state index is 14.2. The summed E-state index contributed by atoms with van der Waals surface area (Å²) in [5.74, 6) is -0.222. The highest BCUT2D eigenvalue weighted by atomic mass is 32.2. The van der Waals surface area contributed by atoms with Crippen molar-refractivity contribution in [2.45, 2.75) is 25.3 Å². The van der Waals surface area contributed by atoms with Crippen LogP contribution in [0.2, 0.25) is 0 Å². The Hall–Kier alpha value is -3.39. The third kappa shape index (κ3) is 6.32. The van der Waals surface area contributed by atoms with Crippen LogP contribution in [0.1, 0.15) is 29.8 Å². The van der Waals surface area contributed by atoms with Gasteiger partial charge in [-0.1, -0.05) is 38.1 Å². The minimum absolute atomic E-state index is 0.00682. The van der Waals surface area contributed by atoms with E-state index in [4.69, 9.17) is 8.92 Å². The van der Waals surface area contributed by atoms with E-state index < -0.39 is 21.8 Å². The van der Waals surface area contributed by atoms with Crippen LogP contribution in [0, 0.1) is 11.7 Å². The Morgan fingerprint density at radius 3 is 2.30 bits per heavy atom. The highest BCUT2D eigenvalue weighted by Crippen LogP contribution is 2.23. The van der Waals surface area contributed by atoms with Crippen molar-refractivity contribution in [1.29, 1.82) is 0 Å². The summed E-state index contributed by atoms with van der Waals surface area (Å²) < 4.78 is 49.8. The highest BCUT2D eigenvalue weighted by Gasteiger charge is 2.21. The average Bonchev–Trinajstić information content (AvgIpc) is 2.78. The number of carbonyl (C=O) groups is 1. The van der Waals surface area contributed by atoms with Crippen LogP contribution in [0.25, 0.3) is 0 Å². The van der Waals surface area contributed by atoms with Crippen LogP contribution in [0.5, 0.6) is 11.5 Å². The van der Waals surface area contributed by atoms with Crippen molar-refractivity contribution in [1.82, 2.24) is 4.90 Å². The molecule has 8 heteroatoms. The summed E-state index contributed by atoms with van der Waals surface area (Å²) in [6, 6.07) is 18.2. The number of methoxy groups -OCH3 is 1. The van der Waals surface area contributed by atoms with Gasteiger partial charge in [-0.25, -0.2) is 4.39 Å². The Labute approximate surface area is 193 Å². The monoisotopic (exact) mass is 471 g/mol. The summed E-state index contributed by atoms with van der Waals surface area (Å²) in [6.45, 7) is 4.50. The first-order valence-corrected chi connectivity index (χ1v) is 11.8. The smallest absolute Gasteiger partial charge is 0.339 e. The molecule has 3 aromatic carbocycles. The molecule has 0 N–H and O–H groups in total. The first-order valence-electron chi connectivity index (χ1n) is 10.4. The molecule has 0 radical (unpaired) electrons. The standard InChI is InChI=1S/C25H26FNO5S/c1-18(2)16-27(25(28)23-9-4-5-10-24(23)26)17-19-7-6-8-21(15-19)32-33(29,30)22-13-11-20(31-3)12-14-22/h4-15,18H,16-17H2,1-3H3. The molecule has 0 atom stereocenters. The fourth-order valence-corrected chi connectivity index (χ4v) is 4.22. The number of halogens is 1. The van der Waals surface area contributed by atoms with Crippen LogP contribution in [-0.4, -0.2) is 32.9 Å². The quantitative estimate of drug-likeness (QED) is 0.415. The van der Waals surface area contributed by atoms with Crippen molar-refractivity contribution in [2.24, 2.45) is 5.92 Å². The van der Waals surface area contributed by atoms with Gasteiger partial charge < -0.3 is 13.8 Å². The van der Waals surface area contributed by atoms with Gasteiger partial charge in [0.05, 0.1) is 12.7 Å². The number of hydrogen-bond acceptors (Lipinski definition) is 5. The van der Waals surface area contributed by atoms with Crippen LogP contribution in [0.15, 0.2) is 77.7 Å². The number of rotatable bonds is 9. The number of ether oxygens (including phenoxy) is 1. The molecule has 0 aliphatic heterocycles. The number of amides is 1. The van der Waals surface area contributed by atoms with Crippen LogP contribution in [0.3, 0.4) is 0 Å². The fourth-order valence-electron chi connectivity index (χ4n) is 3.30. The van der Waals surface area contributed by atoms with E-state index in [1.807, 2.05) is 13.8 Å². The molecule has 0 aliphatic rings. The van der Waals surface area contributed by atoms with Crippen molar-refractivity contribution in [3.05, 3.63) is 89.7 Å². The molecule has 0 aromatic heterocycles. The van der Waals surface area contributed by atoms with Gasteiger partial charge in [0.2, 0.25) is 0 Å². The third-order valence-corrected chi connectivity index (χ3v) is 6.06. The predicted octanol–water partition coefficient (Wildman–Crippen LogP) is 4.90. The first kappa shape index (κ1) is 24.3. The maximum Gasteiger partial charge on any atom is 0.339 e. The second-order valence-electron chi connectivity index (χ2n) is 7.92. The van der Waals surface area contributed by atoms with Crippen LogP contribution >= 0.6 is 0 Å². The van der Waals surface area contributed by atoms with Crippen molar-refractivity contribution in [3.8, 4) is 11.5 Å². The van der Waals surface area contributed by atoms with Gasteiger partial charge in [0.25, 0.3) is 5.91 Å². The lowest BCUT2D eigenvalue weighted by molar-refractivity contribution is 0.0717. The SMILES string of the molecule is COc1ccc(S(=O)(=O)Oc2cccc(CN(CC(C)C)C(=O)c3ccccc3F)c2)cc1. The van der Waals surface area contributed by atoms with Gasteiger partial charge in [0, 0.05) is 13.1 Å². The van der Waals surface area contributed by atoms with Crippen molar-refractivity contribution in [3.63, 3.8) is 0 Å². The van der Waals surface area contributed by atoms with E-state index in [9.17, 15) is 17.6 Å². The van der Waals surface area contributed by atoms with Gasteiger partial charge in [0.1, 0.15) is 22.2 Å². The summed E-state index contributed by atoms with van der Waals surface area (Å²) in [4.78, 5) is 14.5. The van der Waals surface area contributed by atoms with Gasteiger partial charge in [-0.05, 0) is 60.0 Å².